The van der Waals surface area contributed by atoms with Crippen LogP contribution in [-0.2, 0) is 14.3 Å². The lowest BCUT2D eigenvalue weighted by atomic mass is 9.99. The molecule has 9 nitrogen and oxygen atoms in total. The van der Waals surface area contributed by atoms with Crippen molar-refractivity contribution in [1.29, 1.82) is 0 Å². The minimum absolute atomic E-state index is 0.195. The number of rotatable bonds is 45. The predicted octanol–water partition coefficient (Wildman–Crippen LogP) is 12.2. The van der Waals surface area contributed by atoms with E-state index in [9.17, 15) is 30.3 Å². The molecule has 9 heteroatoms. The molecule has 0 spiro atoms. The van der Waals surface area contributed by atoms with Gasteiger partial charge in [0.1, 0.15) is 24.4 Å². The quantitative estimate of drug-likeness (QED) is 0.0262. The van der Waals surface area contributed by atoms with Crippen LogP contribution < -0.4 is 5.32 Å². The number of aliphatic hydroxyl groups is 5. The van der Waals surface area contributed by atoms with E-state index in [1.807, 2.05) is 6.08 Å². The Kier molecular flexibility index (Phi) is 41.2. The van der Waals surface area contributed by atoms with Gasteiger partial charge in [-0.15, -0.1) is 0 Å². The molecule has 0 bridgehead atoms. The maximum atomic E-state index is 12.8. The van der Waals surface area contributed by atoms with E-state index < -0.39 is 49.5 Å². The molecule has 1 aliphatic heterocycles. The maximum Gasteiger partial charge on any atom is 0.220 e. The zero-order valence-corrected chi connectivity index (χ0v) is 40.4. The zero-order valence-electron chi connectivity index (χ0n) is 40.4. The lowest BCUT2D eigenvalue weighted by molar-refractivity contribution is -0.302. The van der Waals surface area contributed by atoms with E-state index in [0.717, 1.165) is 51.4 Å². The summed E-state index contributed by atoms with van der Waals surface area (Å²) >= 11 is 0. The minimum atomic E-state index is -1.57. The molecule has 1 aliphatic rings. The van der Waals surface area contributed by atoms with Crippen LogP contribution in [0.2, 0.25) is 0 Å². The summed E-state index contributed by atoms with van der Waals surface area (Å²) in [7, 11) is 0. The predicted molar refractivity (Wildman–Crippen MR) is 258 cm³/mol. The number of amides is 1. The summed E-state index contributed by atoms with van der Waals surface area (Å²) in [5.41, 5.74) is 0. The lowest BCUT2D eigenvalue weighted by Gasteiger charge is -2.40. The highest BCUT2D eigenvalue weighted by Crippen LogP contribution is 2.23. The third-order valence-electron chi connectivity index (χ3n) is 12.8. The van der Waals surface area contributed by atoms with Crippen LogP contribution in [0, 0.1) is 0 Å². The number of allylic oxidation sites excluding steroid dienone is 3. The van der Waals surface area contributed by atoms with Gasteiger partial charge in [-0.1, -0.05) is 237 Å². The summed E-state index contributed by atoms with van der Waals surface area (Å²) in [5.74, 6) is -0.195. The summed E-state index contributed by atoms with van der Waals surface area (Å²) < 4.78 is 11.2. The maximum absolute atomic E-state index is 12.8. The molecule has 366 valence electrons. The van der Waals surface area contributed by atoms with Gasteiger partial charge in [0.15, 0.2) is 6.29 Å². The van der Waals surface area contributed by atoms with Gasteiger partial charge in [-0.3, -0.25) is 4.79 Å². The smallest absolute Gasteiger partial charge is 0.220 e. The third kappa shape index (κ3) is 33.2. The minimum Gasteiger partial charge on any atom is -0.394 e. The van der Waals surface area contributed by atoms with Crippen molar-refractivity contribution in [3.8, 4) is 0 Å². The largest absolute Gasteiger partial charge is 0.394 e. The van der Waals surface area contributed by atoms with Crippen molar-refractivity contribution in [2.75, 3.05) is 13.2 Å². The highest BCUT2D eigenvalue weighted by atomic mass is 16.7. The standard InChI is InChI=1S/C53H101NO8/c1-3-5-7-9-11-12-13-14-15-16-17-18-19-20-21-22-23-24-25-26-27-28-29-30-31-32-33-34-35-36-37-38-40-42-47(56)46(54-49(57)43-41-39-10-8-6-4-2)45-61-53-52(60)51(59)50(58)48(44-55)62-53/h35-36,40,42,46-48,50-53,55-56,58-60H,3-34,37-39,41,43-45H2,1-2H3,(H,54,57)/b36-35+,42-40+. The molecule has 62 heavy (non-hydrogen) atoms. The van der Waals surface area contributed by atoms with E-state index >= 15 is 0 Å². The van der Waals surface area contributed by atoms with Crippen LogP contribution in [0.1, 0.15) is 251 Å². The topological polar surface area (TPSA) is 149 Å². The van der Waals surface area contributed by atoms with Crippen LogP contribution in [0.3, 0.4) is 0 Å². The second-order valence-electron chi connectivity index (χ2n) is 18.7. The molecule has 6 N–H and O–H groups in total. The first-order valence-electron chi connectivity index (χ1n) is 26.6. The first-order chi connectivity index (χ1) is 30.3. The number of carbonyl (C=O) groups is 1. The van der Waals surface area contributed by atoms with Crippen molar-refractivity contribution >= 4 is 5.91 Å². The fraction of sp³-hybridized carbons (Fsp3) is 0.906. The first-order valence-corrected chi connectivity index (χ1v) is 26.6. The third-order valence-corrected chi connectivity index (χ3v) is 12.8. The Labute approximate surface area is 381 Å². The van der Waals surface area contributed by atoms with Gasteiger partial charge in [0.05, 0.1) is 25.4 Å². The molecule has 0 aliphatic carbocycles. The number of unbranched alkanes of at least 4 members (excludes halogenated alkanes) is 33. The molecule has 0 aromatic heterocycles. The molecule has 1 heterocycles. The molecule has 1 amide bonds. The van der Waals surface area contributed by atoms with Crippen LogP contribution >= 0.6 is 0 Å². The second kappa shape index (κ2) is 43.6. The first kappa shape index (κ1) is 58.7. The van der Waals surface area contributed by atoms with Crippen LogP contribution in [-0.4, -0.2) is 87.5 Å². The molecule has 7 atom stereocenters. The molecular weight excluding hydrogens is 779 g/mol. The molecule has 0 radical (unpaired) electrons. The zero-order chi connectivity index (χ0) is 45.1. The SMILES string of the molecule is CCCCCCCCCCCCCCCCCCCCCCCCCCCCC/C=C/CC/C=C/C(O)C(COC1OC(CO)C(O)C(O)C1O)NC(=O)CCCCCCCC. The van der Waals surface area contributed by atoms with Crippen molar-refractivity contribution in [2.45, 2.75) is 294 Å². The van der Waals surface area contributed by atoms with Gasteiger partial charge in [-0.05, 0) is 32.1 Å². The van der Waals surface area contributed by atoms with Gasteiger partial charge in [-0.25, -0.2) is 0 Å². The van der Waals surface area contributed by atoms with Gasteiger partial charge in [0, 0.05) is 6.42 Å². The van der Waals surface area contributed by atoms with Crippen LogP contribution in [0.25, 0.3) is 0 Å². The fourth-order valence-electron chi connectivity index (χ4n) is 8.53. The van der Waals surface area contributed by atoms with E-state index in [1.165, 1.54) is 180 Å². The second-order valence-corrected chi connectivity index (χ2v) is 18.7. The summed E-state index contributed by atoms with van der Waals surface area (Å²) in [6, 6.07) is -0.815. The molecular formula is C53H101NO8. The van der Waals surface area contributed by atoms with Crippen molar-refractivity contribution in [2.24, 2.45) is 0 Å². The highest BCUT2D eigenvalue weighted by Gasteiger charge is 2.44. The molecule has 1 fully saturated rings. The summed E-state index contributed by atoms with van der Waals surface area (Å²) in [4.78, 5) is 12.8. The van der Waals surface area contributed by atoms with Crippen LogP contribution in [0.15, 0.2) is 24.3 Å². The molecule has 0 aromatic rings. The number of carbonyl (C=O) groups excluding carboxylic acids is 1. The Bertz CT molecular complexity index is 1020. The highest BCUT2D eigenvalue weighted by molar-refractivity contribution is 5.76. The number of ether oxygens (including phenoxy) is 2. The van der Waals surface area contributed by atoms with Crippen molar-refractivity contribution in [3.63, 3.8) is 0 Å². The molecule has 7 unspecified atom stereocenters. The van der Waals surface area contributed by atoms with E-state index in [-0.39, 0.29) is 12.5 Å². The van der Waals surface area contributed by atoms with E-state index in [2.05, 4.69) is 31.3 Å². The Morgan fingerprint density at radius 2 is 0.919 bits per heavy atom. The average Bonchev–Trinajstić information content (AvgIpc) is 3.27. The Morgan fingerprint density at radius 3 is 1.35 bits per heavy atom. The van der Waals surface area contributed by atoms with E-state index in [1.54, 1.807) is 6.08 Å². The summed E-state index contributed by atoms with van der Waals surface area (Å²) in [5, 5.41) is 54.0. The van der Waals surface area contributed by atoms with Gasteiger partial charge >= 0.3 is 0 Å². The van der Waals surface area contributed by atoms with Crippen molar-refractivity contribution in [3.05, 3.63) is 24.3 Å². The monoisotopic (exact) mass is 880 g/mol. The number of hydrogen-bond donors (Lipinski definition) is 6. The van der Waals surface area contributed by atoms with Crippen molar-refractivity contribution < 1.29 is 39.8 Å². The van der Waals surface area contributed by atoms with Gasteiger partial charge in [-0.2, -0.15) is 0 Å². The Morgan fingerprint density at radius 1 is 0.532 bits per heavy atom. The van der Waals surface area contributed by atoms with Crippen LogP contribution in [0.5, 0.6) is 0 Å². The number of hydrogen-bond acceptors (Lipinski definition) is 8. The van der Waals surface area contributed by atoms with Gasteiger partial charge < -0.3 is 40.3 Å². The summed E-state index contributed by atoms with van der Waals surface area (Å²) in [6.07, 6.45) is 47.4. The fourth-order valence-corrected chi connectivity index (χ4v) is 8.53. The lowest BCUT2D eigenvalue weighted by Crippen LogP contribution is -2.60. The molecule has 0 aromatic carbocycles. The normalized spacial score (nSPS) is 20.4. The molecule has 0 saturated carbocycles. The van der Waals surface area contributed by atoms with E-state index in [0.29, 0.717) is 6.42 Å². The molecule has 1 saturated heterocycles. The average molecular weight is 880 g/mol. The Hall–Kier alpha value is -1.33. The Balaban J connectivity index is 2.07. The van der Waals surface area contributed by atoms with Crippen molar-refractivity contribution in [1.82, 2.24) is 5.32 Å². The van der Waals surface area contributed by atoms with E-state index in [4.69, 9.17) is 9.47 Å². The number of nitrogens with one attached hydrogen (secondary N) is 1. The van der Waals surface area contributed by atoms with Gasteiger partial charge in [0.25, 0.3) is 0 Å². The molecule has 1 rings (SSSR count). The summed E-state index contributed by atoms with van der Waals surface area (Å²) in [6.45, 7) is 3.70. The number of aliphatic hydroxyl groups excluding tert-OH is 5. The van der Waals surface area contributed by atoms with Crippen LogP contribution in [0.4, 0.5) is 0 Å². The van der Waals surface area contributed by atoms with Gasteiger partial charge in [0.2, 0.25) is 5.91 Å².